The summed E-state index contributed by atoms with van der Waals surface area (Å²) in [6.45, 7) is 0.864. The van der Waals surface area contributed by atoms with Crippen molar-refractivity contribution in [3.63, 3.8) is 0 Å². The zero-order valence-corrected chi connectivity index (χ0v) is 18.4. The number of carbonyl (C=O) groups excluding carboxylic acids is 3. The second-order valence-corrected chi connectivity index (χ2v) is 10.1. The molecule has 3 amide bonds. The zero-order valence-electron chi connectivity index (χ0n) is 17.6. The van der Waals surface area contributed by atoms with Crippen LogP contribution in [-0.4, -0.2) is 52.8 Å². The fraction of sp³-hybridized carbons (Fsp3) is 0.350. The summed E-state index contributed by atoms with van der Waals surface area (Å²) >= 11 is 0. The molecule has 2 fully saturated rings. The summed E-state index contributed by atoms with van der Waals surface area (Å²) in [5.41, 5.74) is 3.95. The number of sulfone groups is 1. The van der Waals surface area contributed by atoms with E-state index in [0.717, 1.165) is 11.0 Å². The molecule has 0 saturated carbocycles. The topological polar surface area (TPSA) is 157 Å². The normalized spacial score (nSPS) is 20.0. The molecule has 3 heterocycles. The smallest absolute Gasteiger partial charge is 0.293 e. The van der Waals surface area contributed by atoms with Crippen molar-refractivity contribution in [3.05, 3.63) is 62.9 Å². The summed E-state index contributed by atoms with van der Waals surface area (Å²) < 4.78 is 24.9. The van der Waals surface area contributed by atoms with Crippen molar-refractivity contribution in [3.8, 4) is 0 Å². The molecule has 13 heteroatoms. The van der Waals surface area contributed by atoms with Crippen molar-refractivity contribution >= 4 is 33.2 Å². The Balaban J connectivity index is 1.44. The lowest BCUT2D eigenvalue weighted by molar-refractivity contribution is -0.124. The highest BCUT2D eigenvalue weighted by atomic mass is 32.2. The van der Waals surface area contributed by atoms with Gasteiger partial charge in [-0.15, -0.1) is 0 Å². The van der Waals surface area contributed by atoms with Crippen molar-refractivity contribution in [2.75, 3.05) is 16.4 Å². The molecule has 2 aromatic rings. The van der Waals surface area contributed by atoms with Crippen LogP contribution in [0.3, 0.4) is 0 Å². The molecule has 1 unspecified atom stereocenters. The van der Waals surface area contributed by atoms with Crippen LogP contribution in [0, 0.1) is 6.92 Å². The van der Waals surface area contributed by atoms with Gasteiger partial charge in [-0.3, -0.25) is 33.7 Å². The van der Waals surface area contributed by atoms with Gasteiger partial charge >= 0.3 is 5.69 Å². The molecular weight excluding hydrogens is 454 g/mol. The number of carbonyl (C=O) groups is 3. The van der Waals surface area contributed by atoms with Gasteiger partial charge in [0.05, 0.1) is 29.7 Å². The molecular formula is C20H21N5O7S. The third-order valence-corrected chi connectivity index (χ3v) is 7.31. The molecule has 0 radical (unpaired) electrons. The van der Waals surface area contributed by atoms with Crippen molar-refractivity contribution in [2.45, 2.75) is 32.0 Å². The Labute approximate surface area is 187 Å². The van der Waals surface area contributed by atoms with Gasteiger partial charge in [0.2, 0.25) is 5.91 Å². The van der Waals surface area contributed by atoms with Gasteiger partial charge in [0.1, 0.15) is 12.6 Å². The molecule has 1 aromatic heterocycles. The maximum atomic E-state index is 12.8. The maximum Gasteiger partial charge on any atom is 0.331 e. The first kappa shape index (κ1) is 22.6. The Hall–Kier alpha value is -3.58. The quantitative estimate of drug-likeness (QED) is 0.368. The van der Waals surface area contributed by atoms with Crippen molar-refractivity contribution in [1.82, 2.24) is 20.0 Å². The summed E-state index contributed by atoms with van der Waals surface area (Å²) in [7, 11) is -3.21. The number of imide groups is 1. The largest absolute Gasteiger partial charge is 0.331 e. The number of amides is 3. The number of rotatable bonds is 6. The van der Waals surface area contributed by atoms with E-state index in [-0.39, 0.29) is 17.9 Å². The number of hydrazine groups is 1. The highest BCUT2D eigenvalue weighted by molar-refractivity contribution is 7.92. The molecule has 12 nitrogen and oxygen atoms in total. The lowest BCUT2D eigenvalue weighted by atomic mass is 10.2. The molecule has 33 heavy (non-hydrogen) atoms. The van der Waals surface area contributed by atoms with Gasteiger partial charge in [-0.2, -0.15) is 0 Å². The molecule has 2 N–H and O–H groups in total. The summed E-state index contributed by atoms with van der Waals surface area (Å²) in [6, 6.07) is 7.89. The summed E-state index contributed by atoms with van der Waals surface area (Å²) in [4.78, 5) is 63.3. The summed E-state index contributed by atoms with van der Waals surface area (Å²) in [6.07, 6.45) is -0.179. The Morgan fingerprint density at radius 2 is 1.76 bits per heavy atom. The minimum absolute atomic E-state index is 0.179. The first-order valence-electron chi connectivity index (χ1n) is 10.1. The number of para-hydroxylation sites is 1. The van der Waals surface area contributed by atoms with Crippen LogP contribution in [0.25, 0.3) is 0 Å². The van der Waals surface area contributed by atoms with Gasteiger partial charge < -0.3 is 0 Å². The van der Waals surface area contributed by atoms with Crippen molar-refractivity contribution < 1.29 is 22.8 Å². The highest BCUT2D eigenvalue weighted by Crippen LogP contribution is 2.23. The molecule has 4 rings (SSSR count). The van der Waals surface area contributed by atoms with E-state index < -0.39 is 57.4 Å². The van der Waals surface area contributed by atoms with Crippen LogP contribution in [0.15, 0.2) is 46.0 Å². The molecule has 2 aliphatic rings. The lowest BCUT2D eigenvalue weighted by Gasteiger charge is -2.29. The Morgan fingerprint density at radius 3 is 2.39 bits per heavy atom. The number of aryl methyl sites for hydroxylation is 1. The second kappa shape index (κ2) is 8.41. The van der Waals surface area contributed by atoms with Crippen LogP contribution in [-0.2, 0) is 30.8 Å². The van der Waals surface area contributed by atoms with Gasteiger partial charge in [-0.05, 0) is 19.1 Å². The Morgan fingerprint density at radius 1 is 1.09 bits per heavy atom. The van der Waals surface area contributed by atoms with E-state index in [1.54, 1.807) is 30.3 Å². The predicted molar refractivity (Wildman–Crippen MR) is 116 cm³/mol. The Bertz CT molecular complexity index is 1350. The van der Waals surface area contributed by atoms with Crippen molar-refractivity contribution in [1.29, 1.82) is 0 Å². The van der Waals surface area contributed by atoms with E-state index in [1.807, 2.05) is 0 Å². The highest BCUT2D eigenvalue weighted by Gasteiger charge is 2.40. The van der Waals surface area contributed by atoms with E-state index >= 15 is 0 Å². The number of nitrogens with zero attached hydrogens (tertiary/aromatic N) is 3. The third kappa shape index (κ3) is 4.36. The van der Waals surface area contributed by atoms with E-state index in [0.29, 0.717) is 15.9 Å². The standard InChI is InChI=1S/C20H21N5O7S/c1-12-7-17(27)23(20(30)24(12)14-10-33(31,32)11-14)9-16(26)22-21-15-8-18(28)25(19(15)29)13-5-3-2-4-6-13/h2-7,14-15,21H,8-11H2,1H3,(H,22,26). The number of aromatic nitrogens is 2. The van der Waals surface area contributed by atoms with Crippen molar-refractivity contribution in [2.24, 2.45) is 0 Å². The van der Waals surface area contributed by atoms with Crippen LogP contribution < -0.4 is 27.0 Å². The van der Waals surface area contributed by atoms with Gasteiger partial charge in [0, 0.05) is 11.8 Å². The average Bonchev–Trinajstić information content (AvgIpc) is 3.02. The molecule has 1 aromatic carbocycles. The minimum atomic E-state index is -3.21. The van der Waals surface area contributed by atoms with Crippen LogP contribution in [0.4, 0.5) is 5.69 Å². The monoisotopic (exact) mass is 475 g/mol. The van der Waals surface area contributed by atoms with Gasteiger partial charge in [-0.25, -0.2) is 23.5 Å². The number of benzene rings is 1. The predicted octanol–water partition coefficient (Wildman–Crippen LogP) is -1.76. The van der Waals surface area contributed by atoms with Crippen LogP contribution in [0.5, 0.6) is 0 Å². The second-order valence-electron chi connectivity index (χ2n) is 7.95. The minimum Gasteiger partial charge on any atom is -0.293 e. The molecule has 0 bridgehead atoms. The number of hydrogen-bond donors (Lipinski definition) is 2. The molecule has 2 saturated heterocycles. The number of anilines is 1. The molecule has 174 valence electrons. The van der Waals surface area contributed by atoms with Gasteiger partial charge in [0.15, 0.2) is 9.84 Å². The number of hydrogen-bond acceptors (Lipinski definition) is 8. The van der Waals surface area contributed by atoms with Gasteiger partial charge in [-0.1, -0.05) is 18.2 Å². The lowest BCUT2D eigenvalue weighted by Crippen LogP contribution is -2.52. The first-order chi connectivity index (χ1) is 15.6. The summed E-state index contributed by atoms with van der Waals surface area (Å²) in [5, 5.41) is 0. The molecule has 1 atom stereocenters. The third-order valence-electron chi connectivity index (χ3n) is 5.52. The van der Waals surface area contributed by atoms with E-state index in [2.05, 4.69) is 10.9 Å². The van der Waals surface area contributed by atoms with E-state index in [1.165, 1.54) is 11.5 Å². The zero-order chi connectivity index (χ0) is 23.9. The molecule has 2 aliphatic heterocycles. The average molecular weight is 475 g/mol. The molecule has 0 aliphatic carbocycles. The fourth-order valence-electron chi connectivity index (χ4n) is 3.92. The van der Waals surface area contributed by atoms with Gasteiger partial charge in [0.25, 0.3) is 17.4 Å². The first-order valence-corrected chi connectivity index (χ1v) is 11.9. The number of nitrogens with one attached hydrogen (secondary N) is 2. The van der Waals surface area contributed by atoms with Crippen LogP contribution >= 0.6 is 0 Å². The fourth-order valence-corrected chi connectivity index (χ4v) is 5.29. The summed E-state index contributed by atoms with van der Waals surface area (Å²) in [5.74, 6) is -2.20. The van der Waals surface area contributed by atoms with Crippen LogP contribution in [0.1, 0.15) is 18.2 Å². The Kier molecular flexibility index (Phi) is 5.76. The van der Waals surface area contributed by atoms with Crippen LogP contribution in [0.2, 0.25) is 0 Å². The van der Waals surface area contributed by atoms with E-state index in [9.17, 15) is 32.4 Å². The molecule has 0 spiro atoms. The van der Waals surface area contributed by atoms with E-state index in [4.69, 9.17) is 0 Å². The maximum absolute atomic E-state index is 12.8. The SMILES string of the molecule is Cc1cc(=O)n(CC(=O)NNC2CC(=O)N(c3ccccc3)C2=O)c(=O)n1C1CS(=O)(=O)C1.